The number of hydrogen-bond acceptors (Lipinski definition) is 2. The molecule has 5 rings (SSSR count). The molecule has 30 heavy (non-hydrogen) atoms. The van der Waals surface area contributed by atoms with Crippen molar-refractivity contribution >= 4 is 23.0 Å². The average Bonchev–Trinajstić information content (AvgIpc) is 3.39. The standard InChI is InChI=1S/C25H28N4S/c1-18-8-7-11-21(16-18)29-24(23(27-25(29)30)22-12-5-6-14-26-22)19-13-15-28(17-19)20-9-3-2-4-10-20/h5-8,11-17,20,23-24H,2-4,9-10H2,1H3,(H,27,30)/t23-,24-/m1/s1. The fourth-order valence-electron chi connectivity index (χ4n) is 4.96. The normalized spacial score (nSPS) is 22.3. The highest BCUT2D eigenvalue weighted by Crippen LogP contribution is 2.42. The summed E-state index contributed by atoms with van der Waals surface area (Å²) >= 11 is 5.83. The van der Waals surface area contributed by atoms with Gasteiger partial charge in [-0.15, -0.1) is 0 Å². The minimum absolute atomic E-state index is 0.0152. The summed E-state index contributed by atoms with van der Waals surface area (Å²) in [6.07, 6.45) is 13.1. The van der Waals surface area contributed by atoms with E-state index in [0.717, 1.165) is 16.5 Å². The first kappa shape index (κ1) is 19.3. The van der Waals surface area contributed by atoms with Crippen LogP contribution >= 0.6 is 12.2 Å². The molecule has 1 N–H and O–H groups in total. The van der Waals surface area contributed by atoms with Crippen molar-refractivity contribution < 1.29 is 0 Å². The van der Waals surface area contributed by atoms with Gasteiger partial charge in [-0.1, -0.05) is 37.5 Å². The molecule has 0 radical (unpaired) electrons. The van der Waals surface area contributed by atoms with Crippen LogP contribution in [0.1, 0.15) is 67.1 Å². The Kier molecular flexibility index (Phi) is 5.30. The van der Waals surface area contributed by atoms with Crippen LogP contribution in [0.15, 0.2) is 67.1 Å². The zero-order valence-electron chi connectivity index (χ0n) is 17.4. The van der Waals surface area contributed by atoms with Crippen LogP contribution in [0.2, 0.25) is 0 Å². The van der Waals surface area contributed by atoms with Crippen LogP contribution in [0, 0.1) is 6.92 Å². The molecule has 1 saturated carbocycles. The van der Waals surface area contributed by atoms with E-state index in [1.165, 1.54) is 43.2 Å². The minimum atomic E-state index is 0.0152. The van der Waals surface area contributed by atoms with Crippen molar-refractivity contribution in [2.75, 3.05) is 4.90 Å². The molecule has 0 unspecified atom stereocenters. The fourth-order valence-corrected chi connectivity index (χ4v) is 5.31. The van der Waals surface area contributed by atoms with E-state index in [0.29, 0.717) is 6.04 Å². The molecule has 0 bridgehead atoms. The predicted octanol–water partition coefficient (Wildman–Crippen LogP) is 5.87. The van der Waals surface area contributed by atoms with E-state index in [9.17, 15) is 0 Å². The lowest BCUT2D eigenvalue weighted by Gasteiger charge is -2.28. The van der Waals surface area contributed by atoms with Crippen LogP contribution in [-0.4, -0.2) is 14.7 Å². The molecule has 4 nitrogen and oxygen atoms in total. The van der Waals surface area contributed by atoms with E-state index in [1.54, 1.807) is 0 Å². The largest absolute Gasteiger partial charge is 0.351 e. The first-order valence-corrected chi connectivity index (χ1v) is 11.4. The van der Waals surface area contributed by atoms with Crippen LogP contribution in [0.3, 0.4) is 0 Å². The van der Waals surface area contributed by atoms with Crippen molar-refractivity contribution in [2.24, 2.45) is 0 Å². The maximum atomic E-state index is 5.83. The molecular formula is C25H28N4S. The molecule has 1 saturated heterocycles. The molecule has 3 heterocycles. The van der Waals surface area contributed by atoms with Gasteiger partial charge in [0, 0.05) is 30.3 Å². The molecule has 2 atom stereocenters. The van der Waals surface area contributed by atoms with Gasteiger partial charge in [0.2, 0.25) is 0 Å². The van der Waals surface area contributed by atoms with Gasteiger partial charge >= 0.3 is 0 Å². The number of benzene rings is 1. The highest BCUT2D eigenvalue weighted by Gasteiger charge is 2.41. The lowest BCUT2D eigenvalue weighted by Crippen LogP contribution is -2.29. The van der Waals surface area contributed by atoms with Gasteiger partial charge in [-0.3, -0.25) is 4.98 Å². The summed E-state index contributed by atoms with van der Waals surface area (Å²) in [6.45, 7) is 2.13. The molecule has 154 valence electrons. The summed E-state index contributed by atoms with van der Waals surface area (Å²) in [6, 6.07) is 17.7. The molecule has 2 aromatic heterocycles. The van der Waals surface area contributed by atoms with Gasteiger partial charge in [0.1, 0.15) is 0 Å². The lowest BCUT2D eigenvalue weighted by atomic mass is 9.95. The van der Waals surface area contributed by atoms with Gasteiger partial charge in [0.15, 0.2) is 5.11 Å². The van der Waals surface area contributed by atoms with Crippen molar-refractivity contribution in [1.29, 1.82) is 0 Å². The third-order valence-electron chi connectivity index (χ3n) is 6.45. The molecule has 2 aliphatic rings. The molecule has 1 aliphatic heterocycles. The van der Waals surface area contributed by atoms with E-state index in [2.05, 4.69) is 75.5 Å². The van der Waals surface area contributed by atoms with Crippen molar-refractivity contribution in [2.45, 2.75) is 57.2 Å². The third-order valence-corrected chi connectivity index (χ3v) is 6.77. The van der Waals surface area contributed by atoms with Gasteiger partial charge in [-0.05, 0) is 73.4 Å². The number of aryl methyl sites for hydroxylation is 1. The van der Waals surface area contributed by atoms with Crippen molar-refractivity contribution in [1.82, 2.24) is 14.9 Å². The molecule has 3 aromatic rings. The first-order chi connectivity index (χ1) is 14.7. The van der Waals surface area contributed by atoms with Crippen molar-refractivity contribution in [3.8, 4) is 0 Å². The topological polar surface area (TPSA) is 33.1 Å². The second kappa shape index (κ2) is 8.23. The SMILES string of the molecule is Cc1cccc(N2C(=S)N[C@H](c3ccccn3)[C@H]2c2ccn(C3CCCCC3)c2)c1. The molecule has 2 fully saturated rings. The second-order valence-electron chi connectivity index (χ2n) is 8.52. The molecule has 1 aromatic carbocycles. The van der Waals surface area contributed by atoms with Crippen molar-refractivity contribution in [3.63, 3.8) is 0 Å². The van der Waals surface area contributed by atoms with E-state index >= 15 is 0 Å². The monoisotopic (exact) mass is 416 g/mol. The number of hydrogen-bond donors (Lipinski definition) is 1. The van der Waals surface area contributed by atoms with Gasteiger partial charge < -0.3 is 14.8 Å². The average molecular weight is 417 g/mol. The zero-order valence-corrected chi connectivity index (χ0v) is 18.2. The minimum Gasteiger partial charge on any atom is -0.351 e. The van der Waals surface area contributed by atoms with E-state index < -0.39 is 0 Å². The Morgan fingerprint density at radius 2 is 1.90 bits per heavy atom. The molecule has 1 aliphatic carbocycles. The van der Waals surface area contributed by atoms with Gasteiger partial charge in [-0.2, -0.15) is 0 Å². The van der Waals surface area contributed by atoms with Crippen LogP contribution in [0.4, 0.5) is 5.69 Å². The Balaban J connectivity index is 1.56. The summed E-state index contributed by atoms with van der Waals surface area (Å²) in [5.41, 5.74) is 4.66. The van der Waals surface area contributed by atoms with E-state index in [4.69, 9.17) is 12.2 Å². The zero-order chi connectivity index (χ0) is 20.5. The number of nitrogens with zero attached hydrogens (tertiary/aromatic N) is 3. The maximum Gasteiger partial charge on any atom is 0.174 e. The first-order valence-electron chi connectivity index (χ1n) is 11.0. The Labute approximate surface area is 183 Å². The summed E-state index contributed by atoms with van der Waals surface area (Å²) in [4.78, 5) is 6.92. The predicted molar refractivity (Wildman–Crippen MR) is 126 cm³/mol. The number of nitrogens with one attached hydrogen (secondary N) is 1. The third kappa shape index (κ3) is 3.63. The maximum absolute atomic E-state index is 5.83. The van der Waals surface area contributed by atoms with E-state index in [1.807, 2.05) is 18.3 Å². The van der Waals surface area contributed by atoms with Crippen LogP contribution in [-0.2, 0) is 0 Å². The second-order valence-corrected chi connectivity index (χ2v) is 8.91. The number of thiocarbonyl (C=S) groups is 1. The summed E-state index contributed by atoms with van der Waals surface area (Å²) in [5, 5.41) is 4.32. The molecular weight excluding hydrogens is 388 g/mol. The van der Waals surface area contributed by atoms with Crippen molar-refractivity contribution in [3.05, 3.63) is 83.9 Å². The Bertz CT molecular complexity index is 1020. The lowest BCUT2D eigenvalue weighted by molar-refractivity contribution is 0.353. The number of anilines is 1. The number of rotatable bonds is 4. The molecule has 0 spiro atoms. The smallest absolute Gasteiger partial charge is 0.174 e. The van der Waals surface area contributed by atoms with Gasteiger partial charge in [0.05, 0.1) is 17.8 Å². The molecule has 0 amide bonds. The highest BCUT2D eigenvalue weighted by molar-refractivity contribution is 7.80. The van der Waals surface area contributed by atoms with Gasteiger partial charge in [0.25, 0.3) is 0 Å². The van der Waals surface area contributed by atoms with Gasteiger partial charge in [-0.25, -0.2) is 0 Å². The van der Waals surface area contributed by atoms with Crippen LogP contribution < -0.4 is 10.2 Å². The number of aromatic nitrogens is 2. The van der Waals surface area contributed by atoms with Crippen LogP contribution in [0.25, 0.3) is 0 Å². The Morgan fingerprint density at radius 3 is 2.67 bits per heavy atom. The highest BCUT2D eigenvalue weighted by atomic mass is 32.1. The molecule has 5 heteroatoms. The Morgan fingerprint density at radius 1 is 1.03 bits per heavy atom. The quantitative estimate of drug-likeness (QED) is 0.539. The van der Waals surface area contributed by atoms with Crippen LogP contribution in [0.5, 0.6) is 0 Å². The summed E-state index contributed by atoms with van der Waals surface area (Å²) in [7, 11) is 0. The summed E-state index contributed by atoms with van der Waals surface area (Å²) in [5.74, 6) is 0. The number of pyridine rings is 1. The Hall–Kier alpha value is -2.66. The summed E-state index contributed by atoms with van der Waals surface area (Å²) < 4.78 is 2.43. The van der Waals surface area contributed by atoms with E-state index in [-0.39, 0.29) is 12.1 Å². The fraction of sp³-hybridized carbons (Fsp3) is 0.360.